The highest BCUT2D eigenvalue weighted by Gasteiger charge is 2.31. The van der Waals surface area contributed by atoms with E-state index in [0.29, 0.717) is 13.0 Å². The second kappa shape index (κ2) is 8.33. The molecule has 1 heterocycles. The molecule has 1 fully saturated rings. The molecule has 1 aliphatic rings. The van der Waals surface area contributed by atoms with Gasteiger partial charge < -0.3 is 10.2 Å². The van der Waals surface area contributed by atoms with Crippen LogP contribution in [0.15, 0.2) is 30.3 Å². The van der Waals surface area contributed by atoms with E-state index in [4.69, 9.17) is 5.26 Å². The zero-order valence-electron chi connectivity index (χ0n) is 13.5. The first-order chi connectivity index (χ1) is 11.1. The molecule has 1 aromatic rings. The number of hydrogen-bond donors (Lipinski definition) is 1. The fourth-order valence-corrected chi connectivity index (χ4v) is 2.89. The molecule has 0 saturated carbocycles. The van der Waals surface area contributed by atoms with E-state index in [-0.39, 0.29) is 17.9 Å². The van der Waals surface area contributed by atoms with Crippen LogP contribution in [0, 0.1) is 11.3 Å². The third-order valence-electron chi connectivity index (χ3n) is 4.14. The van der Waals surface area contributed by atoms with Crippen LogP contribution in [0.2, 0.25) is 0 Å². The van der Waals surface area contributed by atoms with Crippen LogP contribution >= 0.6 is 0 Å². The number of nitriles is 1. The van der Waals surface area contributed by atoms with Crippen molar-refractivity contribution in [3.63, 3.8) is 0 Å². The van der Waals surface area contributed by atoms with Gasteiger partial charge in [-0.15, -0.1) is 0 Å². The minimum absolute atomic E-state index is 0.116. The average Bonchev–Trinajstić information content (AvgIpc) is 3.03. The molecule has 0 radical (unpaired) electrons. The van der Waals surface area contributed by atoms with Gasteiger partial charge in [-0.05, 0) is 38.2 Å². The Morgan fingerprint density at radius 1 is 1.39 bits per heavy atom. The Labute approximate surface area is 137 Å². The number of likely N-dealkylation sites (tertiary alicyclic amines) is 1. The topological polar surface area (TPSA) is 73.2 Å². The average molecular weight is 313 g/mol. The summed E-state index contributed by atoms with van der Waals surface area (Å²) in [5, 5.41) is 11.8. The first-order valence-electron chi connectivity index (χ1n) is 8.15. The summed E-state index contributed by atoms with van der Waals surface area (Å²) >= 11 is 0. The first-order valence-corrected chi connectivity index (χ1v) is 8.15. The van der Waals surface area contributed by atoms with Gasteiger partial charge in [0, 0.05) is 13.0 Å². The lowest BCUT2D eigenvalue weighted by molar-refractivity contribution is -0.136. The van der Waals surface area contributed by atoms with Crippen LogP contribution < -0.4 is 5.32 Å². The summed E-state index contributed by atoms with van der Waals surface area (Å²) in [6.45, 7) is 2.29. The molecule has 1 aromatic carbocycles. The van der Waals surface area contributed by atoms with Gasteiger partial charge in [-0.1, -0.05) is 30.3 Å². The van der Waals surface area contributed by atoms with E-state index in [0.717, 1.165) is 25.7 Å². The van der Waals surface area contributed by atoms with Crippen LogP contribution in [0.5, 0.6) is 0 Å². The van der Waals surface area contributed by atoms with Gasteiger partial charge in [0.25, 0.3) is 0 Å². The highest BCUT2D eigenvalue weighted by molar-refractivity contribution is 5.87. The molecule has 0 aromatic heterocycles. The Morgan fingerprint density at radius 2 is 2.13 bits per heavy atom. The van der Waals surface area contributed by atoms with Crippen molar-refractivity contribution in [1.29, 1.82) is 5.26 Å². The van der Waals surface area contributed by atoms with Crippen molar-refractivity contribution >= 4 is 11.8 Å². The van der Waals surface area contributed by atoms with Gasteiger partial charge in [-0.3, -0.25) is 9.59 Å². The van der Waals surface area contributed by atoms with Gasteiger partial charge >= 0.3 is 0 Å². The quantitative estimate of drug-likeness (QED) is 0.873. The molecule has 5 nitrogen and oxygen atoms in total. The molecule has 23 heavy (non-hydrogen) atoms. The second-order valence-corrected chi connectivity index (χ2v) is 5.95. The number of benzene rings is 1. The lowest BCUT2D eigenvalue weighted by Crippen LogP contribution is -2.48. The number of aryl methyl sites for hydroxylation is 1. The minimum atomic E-state index is -0.576. The number of hydrogen-bond acceptors (Lipinski definition) is 3. The fraction of sp³-hybridized carbons (Fsp3) is 0.500. The molecule has 122 valence electrons. The van der Waals surface area contributed by atoms with Gasteiger partial charge in [0.05, 0.1) is 6.07 Å². The smallest absolute Gasteiger partial charge is 0.245 e. The number of carbonyl (C=O) groups excluding carboxylic acids is 2. The van der Waals surface area contributed by atoms with E-state index in [1.807, 2.05) is 30.3 Å². The van der Waals surface area contributed by atoms with Crippen LogP contribution in [-0.2, 0) is 16.0 Å². The van der Waals surface area contributed by atoms with Crippen molar-refractivity contribution in [2.24, 2.45) is 0 Å². The van der Waals surface area contributed by atoms with E-state index in [1.54, 1.807) is 11.8 Å². The maximum absolute atomic E-state index is 12.3. The van der Waals surface area contributed by atoms with Crippen molar-refractivity contribution in [1.82, 2.24) is 10.2 Å². The second-order valence-electron chi connectivity index (χ2n) is 5.95. The van der Waals surface area contributed by atoms with Crippen molar-refractivity contribution in [2.75, 3.05) is 6.54 Å². The largest absolute Gasteiger partial charge is 0.345 e. The van der Waals surface area contributed by atoms with Gasteiger partial charge in [0.1, 0.15) is 12.1 Å². The van der Waals surface area contributed by atoms with Gasteiger partial charge in [-0.25, -0.2) is 0 Å². The van der Waals surface area contributed by atoms with Gasteiger partial charge in [-0.2, -0.15) is 5.26 Å². The molecule has 5 heteroatoms. The lowest BCUT2D eigenvalue weighted by Gasteiger charge is -2.24. The number of nitrogens with zero attached hydrogens (tertiary/aromatic N) is 2. The minimum Gasteiger partial charge on any atom is -0.345 e. The van der Waals surface area contributed by atoms with Crippen LogP contribution in [0.25, 0.3) is 0 Å². The van der Waals surface area contributed by atoms with E-state index in [9.17, 15) is 9.59 Å². The highest BCUT2D eigenvalue weighted by atomic mass is 16.2. The molecule has 2 atom stereocenters. The normalized spacial score (nSPS) is 18.3. The van der Waals surface area contributed by atoms with Crippen LogP contribution in [-0.4, -0.2) is 35.3 Å². The number of nitrogens with one attached hydrogen (secondary N) is 1. The molecule has 0 aliphatic carbocycles. The van der Waals surface area contributed by atoms with E-state index >= 15 is 0 Å². The number of carbonyl (C=O) groups is 2. The standard InChI is InChI=1S/C18H23N3O2/c1-14(18(23)21-12-6-10-16(21)13-19)20-17(22)11-5-9-15-7-3-2-4-8-15/h2-4,7-8,14,16H,5-6,9-12H2,1H3,(H,20,22)/t14-,16-/m0/s1. The maximum atomic E-state index is 12.3. The molecule has 2 rings (SSSR count). The molecule has 0 bridgehead atoms. The zero-order chi connectivity index (χ0) is 16.7. The summed E-state index contributed by atoms with van der Waals surface area (Å²) in [5.41, 5.74) is 1.21. The molecule has 2 amide bonds. The Balaban J connectivity index is 1.74. The Bertz CT molecular complexity index is 580. The maximum Gasteiger partial charge on any atom is 0.245 e. The van der Waals surface area contributed by atoms with Crippen LogP contribution in [0.3, 0.4) is 0 Å². The summed E-state index contributed by atoms with van der Waals surface area (Å²) in [4.78, 5) is 25.9. The molecule has 0 spiro atoms. The summed E-state index contributed by atoms with van der Waals surface area (Å²) in [5.74, 6) is -0.278. The van der Waals surface area contributed by atoms with E-state index < -0.39 is 6.04 Å². The van der Waals surface area contributed by atoms with Gasteiger partial charge in [0.15, 0.2) is 0 Å². The fourth-order valence-electron chi connectivity index (χ4n) is 2.89. The summed E-state index contributed by atoms with van der Waals surface area (Å²) < 4.78 is 0. The Morgan fingerprint density at radius 3 is 2.83 bits per heavy atom. The van der Waals surface area contributed by atoms with E-state index in [1.165, 1.54) is 5.56 Å². The highest BCUT2D eigenvalue weighted by Crippen LogP contribution is 2.17. The predicted molar refractivity (Wildman–Crippen MR) is 87.3 cm³/mol. The Kier molecular flexibility index (Phi) is 6.16. The van der Waals surface area contributed by atoms with Crippen molar-refractivity contribution in [2.45, 2.75) is 51.1 Å². The predicted octanol–water partition coefficient (Wildman–Crippen LogP) is 2.03. The van der Waals surface area contributed by atoms with Crippen molar-refractivity contribution in [3.05, 3.63) is 35.9 Å². The third-order valence-corrected chi connectivity index (χ3v) is 4.14. The number of amides is 2. The molecular formula is C18H23N3O2. The molecule has 1 saturated heterocycles. The summed E-state index contributed by atoms with van der Waals surface area (Å²) in [6, 6.07) is 11.2. The molecule has 0 unspecified atom stereocenters. The van der Waals surface area contributed by atoms with Crippen LogP contribution in [0.4, 0.5) is 0 Å². The van der Waals surface area contributed by atoms with Crippen LogP contribution in [0.1, 0.15) is 38.2 Å². The summed E-state index contributed by atoms with van der Waals surface area (Å²) in [7, 11) is 0. The molecular weight excluding hydrogens is 290 g/mol. The van der Waals surface area contributed by atoms with E-state index in [2.05, 4.69) is 11.4 Å². The SMILES string of the molecule is C[C@H](NC(=O)CCCc1ccccc1)C(=O)N1CCC[C@H]1C#N. The van der Waals surface area contributed by atoms with Crippen molar-refractivity contribution < 1.29 is 9.59 Å². The monoisotopic (exact) mass is 313 g/mol. The molecule has 1 N–H and O–H groups in total. The Hall–Kier alpha value is -2.35. The third kappa shape index (κ3) is 4.82. The zero-order valence-corrected chi connectivity index (χ0v) is 13.5. The first kappa shape index (κ1) is 17.0. The lowest BCUT2D eigenvalue weighted by atomic mass is 10.1. The van der Waals surface area contributed by atoms with Crippen molar-refractivity contribution in [3.8, 4) is 6.07 Å². The van der Waals surface area contributed by atoms with Gasteiger partial charge in [0.2, 0.25) is 11.8 Å². The summed E-state index contributed by atoms with van der Waals surface area (Å²) in [6.07, 6.45) is 3.57. The molecule has 1 aliphatic heterocycles. The number of rotatable bonds is 6.